The predicted octanol–water partition coefficient (Wildman–Crippen LogP) is 4.23. The standard InChI is InChI=1S/C22H21NO6S/c1-3-26-21(24)16-13-7-5-12(20-19-15(11-30-20)28-9-10-29-19)6-8-14(13)17(18(16)23)22(25)27-4-2/h5-8,11H,3-4,9-10,23H2,1-2H3. The molecule has 0 spiro atoms. The van der Waals surface area contributed by atoms with Crippen molar-refractivity contribution < 1.29 is 28.5 Å². The number of carbonyl (C=O) groups excluding carboxylic acids is 2. The number of rotatable bonds is 5. The molecule has 0 atom stereocenters. The molecule has 4 rings (SSSR count). The number of esters is 2. The van der Waals surface area contributed by atoms with Crippen LogP contribution < -0.4 is 15.2 Å². The summed E-state index contributed by atoms with van der Waals surface area (Å²) in [6, 6.07) is 7.27. The Labute approximate surface area is 177 Å². The number of carbonyl (C=O) groups is 2. The first kappa shape index (κ1) is 20.0. The molecule has 0 radical (unpaired) electrons. The molecular formula is C22H21NO6S. The highest BCUT2D eigenvalue weighted by molar-refractivity contribution is 7.14. The SMILES string of the molecule is CCOC(=O)c1c2ccc(-c3scc4c3OCCO4)ccc-2c(C(=O)OCC)c1N. The maximum Gasteiger partial charge on any atom is 0.340 e. The fraction of sp³-hybridized carbons (Fsp3) is 0.273. The summed E-state index contributed by atoms with van der Waals surface area (Å²) < 4.78 is 21.8. The van der Waals surface area contributed by atoms with E-state index >= 15 is 0 Å². The van der Waals surface area contributed by atoms with Gasteiger partial charge < -0.3 is 24.7 Å². The Bertz CT molecular complexity index is 1030. The second-order valence-electron chi connectivity index (χ2n) is 6.51. The van der Waals surface area contributed by atoms with Gasteiger partial charge in [-0.3, -0.25) is 0 Å². The topological polar surface area (TPSA) is 97.1 Å². The molecule has 0 fully saturated rings. The van der Waals surface area contributed by atoms with E-state index in [4.69, 9.17) is 24.7 Å². The molecule has 0 saturated carbocycles. The molecule has 8 heteroatoms. The van der Waals surface area contributed by atoms with E-state index in [9.17, 15) is 9.59 Å². The fourth-order valence-electron chi connectivity index (χ4n) is 3.49. The second-order valence-corrected chi connectivity index (χ2v) is 7.39. The Morgan fingerprint density at radius 2 is 1.53 bits per heavy atom. The van der Waals surface area contributed by atoms with Crippen molar-refractivity contribution in [3.8, 4) is 33.1 Å². The van der Waals surface area contributed by atoms with Gasteiger partial charge in [0.25, 0.3) is 0 Å². The van der Waals surface area contributed by atoms with Crippen LogP contribution in [0.15, 0.2) is 29.6 Å². The lowest BCUT2D eigenvalue weighted by Gasteiger charge is -2.15. The Balaban J connectivity index is 1.89. The van der Waals surface area contributed by atoms with Crippen LogP contribution in [0, 0.1) is 0 Å². The third kappa shape index (κ3) is 3.33. The number of anilines is 1. The smallest absolute Gasteiger partial charge is 0.340 e. The second kappa shape index (κ2) is 8.23. The Kier molecular flexibility index (Phi) is 5.50. The van der Waals surface area contributed by atoms with E-state index in [-0.39, 0.29) is 30.0 Å². The summed E-state index contributed by atoms with van der Waals surface area (Å²) in [5, 5.41) is 1.91. The average molecular weight is 427 g/mol. The molecule has 0 aromatic carbocycles. The number of hydrogen-bond acceptors (Lipinski definition) is 8. The quantitative estimate of drug-likeness (QED) is 0.609. The number of nitrogen functional groups attached to an aromatic ring is 1. The number of fused-ring (bicyclic) bond motifs is 2. The Hall–Kier alpha value is -3.26. The minimum absolute atomic E-state index is 0.0693. The third-order valence-corrected chi connectivity index (χ3v) is 5.74. The summed E-state index contributed by atoms with van der Waals surface area (Å²) in [6.07, 6.45) is 0. The van der Waals surface area contributed by atoms with Crippen LogP contribution in [-0.2, 0) is 9.47 Å². The highest BCUT2D eigenvalue weighted by Gasteiger charge is 2.31. The van der Waals surface area contributed by atoms with Crippen molar-refractivity contribution in [2.45, 2.75) is 13.8 Å². The van der Waals surface area contributed by atoms with Crippen molar-refractivity contribution in [2.24, 2.45) is 0 Å². The van der Waals surface area contributed by atoms with Crippen LogP contribution in [0.5, 0.6) is 11.5 Å². The monoisotopic (exact) mass is 427 g/mol. The first-order chi connectivity index (χ1) is 14.6. The van der Waals surface area contributed by atoms with Gasteiger partial charge in [-0.1, -0.05) is 24.3 Å². The maximum atomic E-state index is 12.6. The maximum absolute atomic E-state index is 12.6. The molecule has 1 aromatic heterocycles. The van der Waals surface area contributed by atoms with E-state index in [1.54, 1.807) is 26.0 Å². The molecule has 2 heterocycles. The third-order valence-electron chi connectivity index (χ3n) is 4.75. The zero-order chi connectivity index (χ0) is 21.3. The van der Waals surface area contributed by atoms with Gasteiger partial charge in [-0.2, -0.15) is 0 Å². The first-order valence-corrected chi connectivity index (χ1v) is 10.5. The zero-order valence-corrected chi connectivity index (χ0v) is 17.5. The zero-order valence-electron chi connectivity index (χ0n) is 16.7. The largest absolute Gasteiger partial charge is 0.485 e. The molecule has 1 aromatic rings. The molecule has 2 N–H and O–H groups in total. The van der Waals surface area contributed by atoms with Gasteiger partial charge in [-0.25, -0.2) is 9.59 Å². The van der Waals surface area contributed by atoms with Crippen molar-refractivity contribution in [1.82, 2.24) is 0 Å². The minimum Gasteiger partial charge on any atom is -0.485 e. The molecule has 1 aliphatic heterocycles. The van der Waals surface area contributed by atoms with Crippen molar-refractivity contribution in [3.63, 3.8) is 0 Å². The number of thiophene rings is 1. The van der Waals surface area contributed by atoms with Crippen molar-refractivity contribution in [2.75, 3.05) is 32.2 Å². The van der Waals surface area contributed by atoms with E-state index in [1.807, 2.05) is 17.5 Å². The van der Waals surface area contributed by atoms with Crippen LogP contribution in [0.2, 0.25) is 0 Å². The normalized spacial score (nSPS) is 12.6. The van der Waals surface area contributed by atoms with Crippen LogP contribution in [0.4, 0.5) is 5.69 Å². The van der Waals surface area contributed by atoms with Gasteiger partial charge in [0.05, 0.1) is 34.9 Å². The lowest BCUT2D eigenvalue weighted by Crippen LogP contribution is -2.14. The van der Waals surface area contributed by atoms with E-state index in [2.05, 4.69) is 0 Å². The van der Waals surface area contributed by atoms with E-state index in [0.717, 1.165) is 16.2 Å². The summed E-state index contributed by atoms with van der Waals surface area (Å²) in [6.45, 7) is 4.83. The van der Waals surface area contributed by atoms with Gasteiger partial charge >= 0.3 is 11.9 Å². The predicted molar refractivity (Wildman–Crippen MR) is 114 cm³/mol. The van der Waals surface area contributed by atoms with E-state index in [0.29, 0.717) is 30.1 Å². The molecule has 0 amide bonds. The van der Waals surface area contributed by atoms with Gasteiger partial charge in [0.15, 0.2) is 11.5 Å². The van der Waals surface area contributed by atoms with Crippen molar-refractivity contribution in [1.29, 1.82) is 0 Å². The Morgan fingerprint density at radius 3 is 2.10 bits per heavy atom. The fourth-order valence-corrected chi connectivity index (χ4v) is 4.43. The lowest BCUT2D eigenvalue weighted by molar-refractivity contribution is 0.0525. The lowest BCUT2D eigenvalue weighted by atomic mass is 10.1. The molecule has 0 unspecified atom stereocenters. The summed E-state index contributed by atoms with van der Waals surface area (Å²) in [4.78, 5) is 26.1. The molecule has 7 nitrogen and oxygen atoms in total. The summed E-state index contributed by atoms with van der Waals surface area (Å²) in [5.41, 5.74) is 8.55. The van der Waals surface area contributed by atoms with Gasteiger partial charge in [0.2, 0.25) is 0 Å². The Morgan fingerprint density at radius 1 is 0.967 bits per heavy atom. The van der Waals surface area contributed by atoms with Crippen LogP contribution >= 0.6 is 11.3 Å². The van der Waals surface area contributed by atoms with Crippen LogP contribution in [-0.4, -0.2) is 38.4 Å². The number of nitrogens with two attached hydrogens (primary N) is 1. The summed E-state index contributed by atoms with van der Waals surface area (Å²) >= 11 is 1.51. The highest BCUT2D eigenvalue weighted by atomic mass is 32.1. The molecular weight excluding hydrogens is 406 g/mol. The van der Waals surface area contributed by atoms with Gasteiger partial charge in [-0.15, -0.1) is 11.3 Å². The molecule has 156 valence electrons. The first-order valence-electron chi connectivity index (χ1n) is 9.63. The highest BCUT2D eigenvalue weighted by Crippen LogP contribution is 2.46. The molecule has 0 saturated heterocycles. The van der Waals surface area contributed by atoms with Gasteiger partial charge in [0.1, 0.15) is 13.2 Å². The summed E-state index contributed by atoms with van der Waals surface area (Å²) in [5.74, 6) is 0.269. The van der Waals surface area contributed by atoms with Gasteiger partial charge in [-0.05, 0) is 30.5 Å². The molecule has 3 aliphatic rings. The summed E-state index contributed by atoms with van der Waals surface area (Å²) in [7, 11) is 0. The van der Waals surface area contributed by atoms with Crippen molar-refractivity contribution >= 4 is 29.0 Å². The van der Waals surface area contributed by atoms with E-state index in [1.165, 1.54) is 11.3 Å². The van der Waals surface area contributed by atoms with E-state index < -0.39 is 11.9 Å². The van der Waals surface area contributed by atoms with Crippen LogP contribution in [0.1, 0.15) is 34.6 Å². The van der Waals surface area contributed by atoms with Crippen molar-refractivity contribution in [3.05, 3.63) is 40.8 Å². The molecule has 0 bridgehead atoms. The van der Waals surface area contributed by atoms with Crippen LogP contribution in [0.3, 0.4) is 0 Å². The molecule has 30 heavy (non-hydrogen) atoms. The van der Waals surface area contributed by atoms with Crippen LogP contribution in [0.25, 0.3) is 21.6 Å². The number of hydrogen-bond donors (Lipinski definition) is 1. The van der Waals surface area contributed by atoms with Gasteiger partial charge in [0, 0.05) is 5.38 Å². The average Bonchev–Trinajstić information content (AvgIpc) is 3.20. The minimum atomic E-state index is -0.575. The molecule has 2 aliphatic carbocycles. The number of ether oxygens (including phenoxy) is 4.